The summed E-state index contributed by atoms with van der Waals surface area (Å²) in [4.78, 5) is 2.52. The molecule has 0 unspecified atom stereocenters. The number of anilines is 1. The maximum atomic E-state index is 6.06. The number of hydrogen-bond donors (Lipinski definition) is 1. The second-order valence-electron chi connectivity index (χ2n) is 5.81. The number of nitrogens with one attached hydrogen (secondary N) is 1. The fraction of sp³-hybridized carbons (Fsp3) is 0.333. The normalized spacial score (nSPS) is 16.6. The summed E-state index contributed by atoms with van der Waals surface area (Å²) in [6, 6.07) is 16.9. The van der Waals surface area contributed by atoms with Gasteiger partial charge in [0.05, 0.1) is 10.0 Å². The van der Waals surface area contributed by atoms with E-state index in [-0.39, 0.29) is 0 Å². The molecule has 1 N–H and O–H groups in total. The molecule has 1 aliphatic rings. The van der Waals surface area contributed by atoms with Gasteiger partial charge in [-0.1, -0.05) is 53.5 Å². The van der Waals surface area contributed by atoms with Crippen molar-refractivity contribution in [3.05, 3.63) is 64.1 Å². The molecule has 2 aromatic carbocycles. The smallest absolute Gasteiger partial charge is 0.0612 e. The van der Waals surface area contributed by atoms with E-state index >= 15 is 0 Å². The molecule has 1 fully saturated rings. The van der Waals surface area contributed by atoms with Crippen LogP contribution in [-0.2, 0) is 6.54 Å². The SMILES string of the molecule is Clc1ccc(NC2CCN(Cc3ccccc3)CC2)cc1Cl. The fourth-order valence-electron chi connectivity index (χ4n) is 2.90. The molecule has 2 aromatic rings. The lowest BCUT2D eigenvalue weighted by atomic mass is 10.0. The van der Waals surface area contributed by atoms with E-state index in [4.69, 9.17) is 23.2 Å². The molecule has 3 rings (SSSR count). The molecule has 0 bridgehead atoms. The van der Waals surface area contributed by atoms with Crippen molar-refractivity contribution in [2.75, 3.05) is 18.4 Å². The molecule has 0 aromatic heterocycles. The summed E-state index contributed by atoms with van der Waals surface area (Å²) in [5.41, 5.74) is 2.44. The first-order valence-corrected chi connectivity index (χ1v) is 8.44. The fourth-order valence-corrected chi connectivity index (χ4v) is 3.20. The van der Waals surface area contributed by atoms with Gasteiger partial charge in [-0.2, -0.15) is 0 Å². The molecular weight excluding hydrogens is 315 g/mol. The molecule has 0 aliphatic carbocycles. The lowest BCUT2D eigenvalue weighted by Gasteiger charge is -2.33. The van der Waals surface area contributed by atoms with Crippen LogP contribution in [-0.4, -0.2) is 24.0 Å². The minimum absolute atomic E-state index is 0.504. The molecule has 4 heteroatoms. The van der Waals surface area contributed by atoms with E-state index < -0.39 is 0 Å². The van der Waals surface area contributed by atoms with Crippen LogP contribution in [0.4, 0.5) is 5.69 Å². The predicted octanol–water partition coefficient (Wildman–Crippen LogP) is 5.07. The Labute approximate surface area is 142 Å². The summed E-state index contributed by atoms with van der Waals surface area (Å²) in [7, 11) is 0. The number of rotatable bonds is 4. The number of hydrogen-bond acceptors (Lipinski definition) is 2. The van der Waals surface area contributed by atoms with E-state index in [0.29, 0.717) is 16.1 Å². The van der Waals surface area contributed by atoms with Gasteiger partial charge < -0.3 is 5.32 Å². The number of piperidine rings is 1. The molecule has 1 aliphatic heterocycles. The van der Waals surface area contributed by atoms with E-state index in [9.17, 15) is 0 Å². The maximum Gasteiger partial charge on any atom is 0.0612 e. The lowest BCUT2D eigenvalue weighted by molar-refractivity contribution is 0.211. The average Bonchev–Trinajstić information content (AvgIpc) is 2.54. The quantitative estimate of drug-likeness (QED) is 0.839. The third-order valence-corrected chi connectivity index (χ3v) is 4.87. The third-order valence-electron chi connectivity index (χ3n) is 4.13. The second-order valence-corrected chi connectivity index (χ2v) is 6.62. The van der Waals surface area contributed by atoms with Gasteiger partial charge >= 0.3 is 0 Å². The van der Waals surface area contributed by atoms with Crippen LogP contribution in [0.2, 0.25) is 10.0 Å². The molecule has 22 heavy (non-hydrogen) atoms. The van der Waals surface area contributed by atoms with Gasteiger partial charge in [0.1, 0.15) is 0 Å². The molecule has 1 saturated heterocycles. The van der Waals surface area contributed by atoms with E-state index in [1.807, 2.05) is 18.2 Å². The van der Waals surface area contributed by atoms with Crippen molar-refractivity contribution < 1.29 is 0 Å². The van der Waals surface area contributed by atoms with Crippen LogP contribution >= 0.6 is 23.2 Å². The van der Waals surface area contributed by atoms with E-state index in [0.717, 1.165) is 38.2 Å². The number of nitrogens with zero attached hydrogens (tertiary/aromatic N) is 1. The topological polar surface area (TPSA) is 15.3 Å². The molecule has 0 saturated carbocycles. The van der Waals surface area contributed by atoms with Crippen LogP contribution in [0.15, 0.2) is 48.5 Å². The van der Waals surface area contributed by atoms with Crippen LogP contribution in [0.1, 0.15) is 18.4 Å². The van der Waals surface area contributed by atoms with Crippen molar-refractivity contribution in [2.24, 2.45) is 0 Å². The largest absolute Gasteiger partial charge is 0.382 e. The zero-order valence-electron chi connectivity index (χ0n) is 12.4. The number of likely N-dealkylation sites (tertiary alicyclic amines) is 1. The standard InChI is InChI=1S/C18H20Cl2N2/c19-17-7-6-16(12-18(17)20)21-15-8-10-22(11-9-15)13-14-4-2-1-3-5-14/h1-7,12,15,21H,8-11,13H2. The molecule has 0 spiro atoms. The van der Waals surface area contributed by atoms with Crippen LogP contribution < -0.4 is 5.32 Å². The molecule has 0 radical (unpaired) electrons. The van der Waals surface area contributed by atoms with Gasteiger partial charge in [0, 0.05) is 31.4 Å². The van der Waals surface area contributed by atoms with Gasteiger partial charge in [0.15, 0.2) is 0 Å². The van der Waals surface area contributed by atoms with Crippen LogP contribution in [0.25, 0.3) is 0 Å². The van der Waals surface area contributed by atoms with Gasteiger partial charge in [0.25, 0.3) is 0 Å². The molecule has 1 heterocycles. The highest BCUT2D eigenvalue weighted by Gasteiger charge is 2.19. The minimum atomic E-state index is 0.504. The molecule has 116 valence electrons. The monoisotopic (exact) mass is 334 g/mol. The lowest BCUT2D eigenvalue weighted by Crippen LogP contribution is -2.38. The van der Waals surface area contributed by atoms with E-state index in [1.165, 1.54) is 5.56 Å². The van der Waals surface area contributed by atoms with E-state index in [2.05, 4.69) is 40.5 Å². The Morgan fingerprint density at radius 3 is 2.36 bits per heavy atom. The second kappa shape index (κ2) is 7.36. The summed E-state index contributed by atoms with van der Waals surface area (Å²) in [5.74, 6) is 0. The molecule has 0 atom stereocenters. The van der Waals surface area contributed by atoms with Crippen LogP contribution in [0.3, 0.4) is 0 Å². The first-order chi connectivity index (χ1) is 10.7. The van der Waals surface area contributed by atoms with Crippen molar-refractivity contribution >= 4 is 28.9 Å². The van der Waals surface area contributed by atoms with Crippen LogP contribution in [0.5, 0.6) is 0 Å². The Balaban J connectivity index is 1.50. The van der Waals surface area contributed by atoms with Gasteiger partial charge in [-0.15, -0.1) is 0 Å². The summed E-state index contributed by atoms with van der Waals surface area (Å²) in [6.45, 7) is 3.28. The first-order valence-electron chi connectivity index (χ1n) is 7.68. The molecule has 2 nitrogen and oxygen atoms in total. The molecular formula is C18H20Cl2N2. The third kappa shape index (κ3) is 4.16. The van der Waals surface area contributed by atoms with Crippen molar-refractivity contribution in [1.82, 2.24) is 4.90 Å². The van der Waals surface area contributed by atoms with Gasteiger partial charge in [-0.25, -0.2) is 0 Å². The maximum absolute atomic E-state index is 6.06. The van der Waals surface area contributed by atoms with Crippen molar-refractivity contribution in [1.29, 1.82) is 0 Å². The first kappa shape index (κ1) is 15.7. The summed E-state index contributed by atoms with van der Waals surface area (Å²) >= 11 is 12.0. The molecule has 0 amide bonds. The zero-order chi connectivity index (χ0) is 15.4. The van der Waals surface area contributed by atoms with Crippen LogP contribution in [0, 0.1) is 0 Å². The Kier molecular flexibility index (Phi) is 5.24. The Bertz CT molecular complexity index is 608. The zero-order valence-corrected chi connectivity index (χ0v) is 13.9. The number of halogens is 2. The minimum Gasteiger partial charge on any atom is -0.382 e. The highest BCUT2D eigenvalue weighted by Crippen LogP contribution is 2.26. The average molecular weight is 335 g/mol. The summed E-state index contributed by atoms with van der Waals surface area (Å²) in [5, 5.41) is 4.77. The summed E-state index contributed by atoms with van der Waals surface area (Å²) in [6.07, 6.45) is 2.29. The van der Waals surface area contributed by atoms with Crippen molar-refractivity contribution in [3.8, 4) is 0 Å². The van der Waals surface area contributed by atoms with Crippen molar-refractivity contribution in [2.45, 2.75) is 25.4 Å². The van der Waals surface area contributed by atoms with Gasteiger partial charge in [-0.3, -0.25) is 4.90 Å². The van der Waals surface area contributed by atoms with Crippen molar-refractivity contribution in [3.63, 3.8) is 0 Å². The Morgan fingerprint density at radius 1 is 0.955 bits per heavy atom. The Morgan fingerprint density at radius 2 is 1.68 bits per heavy atom. The highest BCUT2D eigenvalue weighted by molar-refractivity contribution is 6.42. The van der Waals surface area contributed by atoms with Gasteiger partial charge in [-0.05, 0) is 36.6 Å². The number of benzene rings is 2. The Hall–Kier alpha value is -1.22. The van der Waals surface area contributed by atoms with E-state index in [1.54, 1.807) is 0 Å². The summed E-state index contributed by atoms with van der Waals surface area (Å²) < 4.78 is 0. The van der Waals surface area contributed by atoms with Gasteiger partial charge in [0.2, 0.25) is 0 Å². The highest BCUT2D eigenvalue weighted by atomic mass is 35.5. The predicted molar refractivity (Wildman–Crippen MR) is 94.8 cm³/mol.